The highest BCUT2D eigenvalue weighted by atomic mass is 16.4. The number of aromatic nitrogens is 1. The van der Waals surface area contributed by atoms with Crippen molar-refractivity contribution in [2.24, 2.45) is 0 Å². The maximum Gasteiger partial charge on any atom is 0.339 e. The fraction of sp³-hybridized carbons (Fsp3) is 0.533. The molecule has 0 aromatic carbocycles. The number of hydrogen-bond donors (Lipinski definition) is 2. The molecule has 0 saturated carbocycles. The minimum absolute atomic E-state index is 0.0220. The number of aromatic carboxylic acids is 1. The van der Waals surface area contributed by atoms with Crippen LogP contribution in [0.5, 0.6) is 0 Å². The maximum absolute atomic E-state index is 11.9. The number of nitrogens with one attached hydrogen (secondary N) is 1. The monoisotopic (exact) mass is 304 g/mol. The lowest BCUT2D eigenvalue weighted by atomic mass is 10.0. The van der Waals surface area contributed by atoms with E-state index in [1.807, 2.05) is 9.80 Å². The lowest BCUT2D eigenvalue weighted by Gasteiger charge is -2.40. The van der Waals surface area contributed by atoms with E-state index in [9.17, 15) is 14.7 Å². The first-order valence-electron chi connectivity index (χ1n) is 7.64. The fourth-order valence-corrected chi connectivity index (χ4v) is 3.20. The molecule has 7 heteroatoms. The van der Waals surface area contributed by atoms with Crippen LogP contribution in [0, 0.1) is 0 Å². The number of piperidine rings is 1. The number of hydrogen-bond acceptors (Lipinski definition) is 4. The van der Waals surface area contributed by atoms with Crippen LogP contribution in [-0.4, -0.2) is 59.2 Å². The van der Waals surface area contributed by atoms with Crippen LogP contribution in [0.3, 0.4) is 0 Å². The van der Waals surface area contributed by atoms with Gasteiger partial charge in [0.1, 0.15) is 11.4 Å². The highest BCUT2D eigenvalue weighted by Crippen LogP contribution is 2.24. The molecular weight excluding hydrogens is 284 g/mol. The average molecular weight is 304 g/mol. The number of nitrogens with zero attached hydrogens (tertiary/aromatic N) is 3. The van der Waals surface area contributed by atoms with E-state index in [-0.39, 0.29) is 17.6 Å². The molecule has 3 heterocycles. The summed E-state index contributed by atoms with van der Waals surface area (Å²) in [7, 11) is 0. The van der Waals surface area contributed by atoms with Crippen LogP contribution >= 0.6 is 0 Å². The summed E-state index contributed by atoms with van der Waals surface area (Å²) in [4.78, 5) is 31.3. The van der Waals surface area contributed by atoms with Crippen LogP contribution in [0.2, 0.25) is 0 Å². The summed E-state index contributed by atoms with van der Waals surface area (Å²) in [5.41, 5.74) is 0.233. The Bertz CT molecular complexity index is 570. The summed E-state index contributed by atoms with van der Waals surface area (Å²) in [6.07, 6.45) is 4.27. The van der Waals surface area contributed by atoms with Crippen molar-refractivity contribution >= 4 is 17.8 Å². The van der Waals surface area contributed by atoms with Crippen molar-refractivity contribution in [3.8, 4) is 0 Å². The molecule has 0 aliphatic carbocycles. The van der Waals surface area contributed by atoms with Gasteiger partial charge < -0.3 is 20.2 Å². The Morgan fingerprint density at radius 1 is 1.32 bits per heavy atom. The average Bonchev–Trinajstić information content (AvgIpc) is 2.55. The van der Waals surface area contributed by atoms with Gasteiger partial charge in [0, 0.05) is 38.4 Å². The van der Waals surface area contributed by atoms with E-state index in [4.69, 9.17) is 0 Å². The van der Waals surface area contributed by atoms with Crippen LogP contribution in [-0.2, 0) is 0 Å². The predicted molar refractivity (Wildman–Crippen MR) is 81.2 cm³/mol. The molecule has 7 nitrogen and oxygen atoms in total. The third-order valence-electron chi connectivity index (χ3n) is 4.33. The molecule has 0 unspecified atom stereocenters. The van der Waals surface area contributed by atoms with Gasteiger partial charge in [-0.2, -0.15) is 0 Å². The second-order valence-corrected chi connectivity index (χ2v) is 5.68. The standard InChI is InChI=1S/C15H20N4O3/c20-14(21)12-3-1-6-16-13(12)18-9-4-11(5-10-18)19-8-2-7-17-15(19)22/h1,3,6,11H,2,4-5,7-10H2,(H,17,22)(H,20,21). The molecule has 3 rings (SSSR count). The first kappa shape index (κ1) is 14.6. The van der Waals surface area contributed by atoms with Gasteiger partial charge in [-0.05, 0) is 31.4 Å². The molecule has 2 saturated heterocycles. The highest BCUT2D eigenvalue weighted by Gasteiger charge is 2.30. The third kappa shape index (κ3) is 2.84. The third-order valence-corrected chi connectivity index (χ3v) is 4.33. The molecule has 0 atom stereocenters. The summed E-state index contributed by atoms with van der Waals surface area (Å²) in [6, 6.07) is 3.47. The van der Waals surface area contributed by atoms with Gasteiger partial charge in [0.2, 0.25) is 0 Å². The molecule has 0 spiro atoms. The number of urea groups is 1. The van der Waals surface area contributed by atoms with E-state index < -0.39 is 5.97 Å². The molecule has 1 aromatic heterocycles. The van der Waals surface area contributed by atoms with Gasteiger partial charge in [0.05, 0.1) is 0 Å². The number of pyridine rings is 1. The molecule has 0 bridgehead atoms. The van der Waals surface area contributed by atoms with Crippen LogP contribution in [0.15, 0.2) is 18.3 Å². The van der Waals surface area contributed by atoms with E-state index in [0.717, 1.165) is 32.4 Å². The topological polar surface area (TPSA) is 85.8 Å². The fourth-order valence-electron chi connectivity index (χ4n) is 3.20. The van der Waals surface area contributed by atoms with Gasteiger partial charge in [0.15, 0.2) is 0 Å². The zero-order valence-corrected chi connectivity index (χ0v) is 12.4. The molecule has 2 N–H and O–H groups in total. The zero-order valence-electron chi connectivity index (χ0n) is 12.4. The predicted octanol–water partition coefficient (Wildman–Crippen LogP) is 1.16. The molecule has 118 valence electrons. The SMILES string of the molecule is O=C(O)c1cccnc1N1CCC(N2CCCNC2=O)CC1. The van der Waals surface area contributed by atoms with E-state index in [1.165, 1.54) is 0 Å². The zero-order chi connectivity index (χ0) is 15.5. The Morgan fingerprint density at radius 3 is 2.77 bits per heavy atom. The van der Waals surface area contributed by atoms with Crippen molar-refractivity contribution in [2.75, 3.05) is 31.1 Å². The maximum atomic E-state index is 11.9. The number of anilines is 1. The largest absolute Gasteiger partial charge is 0.478 e. The van der Waals surface area contributed by atoms with Crippen molar-refractivity contribution in [3.63, 3.8) is 0 Å². The van der Waals surface area contributed by atoms with Crippen molar-refractivity contribution in [2.45, 2.75) is 25.3 Å². The Kier molecular flexibility index (Phi) is 4.13. The number of carbonyl (C=O) groups excluding carboxylic acids is 1. The molecule has 2 fully saturated rings. The van der Waals surface area contributed by atoms with Crippen molar-refractivity contribution in [3.05, 3.63) is 23.9 Å². The molecule has 1 aromatic rings. The summed E-state index contributed by atoms with van der Waals surface area (Å²) in [6.45, 7) is 2.99. The van der Waals surface area contributed by atoms with Gasteiger partial charge >= 0.3 is 12.0 Å². The Balaban J connectivity index is 1.67. The molecule has 2 aliphatic heterocycles. The van der Waals surface area contributed by atoms with Gasteiger partial charge in [-0.1, -0.05) is 0 Å². The van der Waals surface area contributed by atoms with Gasteiger partial charge in [-0.25, -0.2) is 14.6 Å². The van der Waals surface area contributed by atoms with E-state index in [1.54, 1.807) is 18.3 Å². The lowest BCUT2D eigenvalue weighted by molar-refractivity contribution is 0.0697. The molecule has 0 radical (unpaired) electrons. The Hall–Kier alpha value is -2.31. The Labute approximate surface area is 128 Å². The second kappa shape index (κ2) is 6.21. The molecular formula is C15H20N4O3. The van der Waals surface area contributed by atoms with E-state index >= 15 is 0 Å². The Morgan fingerprint density at radius 2 is 2.09 bits per heavy atom. The summed E-state index contributed by atoms with van der Waals surface area (Å²) >= 11 is 0. The minimum Gasteiger partial charge on any atom is -0.478 e. The first-order valence-corrected chi connectivity index (χ1v) is 7.64. The minimum atomic E-state index is -0.958. The van der Waals surface area contributed by atoms with Crippen LogP contribution < -0.4 is 10.2 Å². The van der Waals surface area contributed by atoms with E-state index in [0.29, 0.717) is 18.9 Å². The summed E-state index contributed by atoms with van der Waals surface area (Å²) in [5, 5.41) is 12.1. The second-order valence-electron chi connectivity index (χ2n) is 5.68. The van der Waals surface area contributed by atoms with Gasteiger partial charge in [-0.15, -0.1) is 0 Å². The number of carboxylic acid groups (broad SMARTS) is 1. The highest BCUT2D eigenvalue weighted by molar-refractivity contribution is 5.93. The molecule has 2 amide bonds. The molecule has 22 heavy (non-hydrogen) atoms. The smallest absolute Gasteiger partial charge is 0.339 e. The molecule has 2 aliphatic rings. The van der Waals surface area contributed by atoms with Gasteiger partial charge in [0.25, 0.3) is 0 Å². The van der Waals surface area contributed by atoms with E-state index in [2.05, 4.69) is 10.3 Å². The number of rotatable bonds is 3. The van der Waals surface area contributed by atoms with Crippen molar-refractivity contribution in [1.82, 2.24) is 15.2 Å². The summed E-state index contributed by atoms with van der Waals surface area (Å²) in [5.74, 6) is -0.433. The van der Waals surface area contributed by atoms with Gasteiger partial charge in [-0.3, -0.25) is 0 Å². The number of amides is 2. The number of carboxylic acids is 1. The van der Waals surface area contributed by atoms with Crippen molar-refractivity contribution < 1.29 is 14.7 Å². The normalized spacial score (nSPS) is 19.9. The summed E-state index contributed by atoms with van der Waals surface area (Å²) < 4.78 is 0. The van der Waals surface area contributed by atoms with Crippen LogP contribution in [0.4, 0.5) is 10.6 Å². The van der Waals surface area contributed by atoms with Crippen LogP contribution in [0.25, 0.3) is 0 Å². The number of carbonyl (C=O) groups is 2. The lowest BCUT2D eigenvalue weighted by Crippen LogP contribution is -2.54. The first-order chi connectivity index (χ1) is 10.7. The van der Waals surface area contributed by atoms with Crippen molar-refractivity contribution in [1.29, 1.82) is 0 Å². The quantitative estimate of drug-likeness (QED) is 0.875. The van der Waals surface area contributed by atoms with Crippen LogP contribution in [0.1, 0.15) is 29.6 Å².